The number of carboxylic acids is 1. The number of aryl methyl sites for hydroxylation is 1. The minimum Gasteiger partial charge on any atom is -0.478 e. The van der Waals surface area contributed by atoms with E-state index < -0.39 is 12.1 Å². The molecule has 0 saturated heterocycles. The minimum absolute atomic E-state index is 0.0143. The van der Waals surface area contributed by atoms with Crippen molar-refractivity contribution in [3.05, 3.63) is 106 Å². The van der Waals surface area contributed by atoms with Gasteiger partial charge in [0.05, 0.1) is 29.2 Å². The summed E-state index contributed by atoms with van der Waals surface area (Å²) in [5.74, 6) is -0.989. The van der Waals surface area contributed by atoms with Crippen molar-refractivity contribution < 1.29 is 19.4 Å². The molecule has 1 aliphatic rings. The van der Waals surface area contributed by atoms with Gasteiger partial charge in [-0.1, -0.05) is 60.7 Å². The maximum atomic E-state index is 12.7. The van der Waals surface area contributed by atoms with Crippen molar-refractivity contribution in [3.63, 3.8) is 0 Å². The number of hydrogen-bond acceptors (Lipinski definition) is 4. The molecule has 5 rings (SSSR count). The summed E-state index contributed by atoms with van der Waals surface area (Å²) < 4.78 is 7.42. The molecule has 3 aromatic carbocycles. The number of nitrogens with zero attached hydrogens (tertiary/aromatic N) is 2. The Morgan fingerprint density at radius 2 is 1.63 bits per heavy atom. The van der Waals surface area contributed by atoms with Crippen LogP contribution in [0.5, 0.6) is 0 Å². The quantitative estimate of drug-likeness (QED) is 0.385. The van der Waals surface area contributed by atoms with Gasteiger partial charge in [-0.3, -0.25) is 10.00 Å². The predicted octanol–water partition coefficient (Wildman–Crippen LogP) is 5.61. The molecule has 176 valence electrons. The minimum atomic E-state index is -0.974. The van der Waals surface area contributed by atoms with Gasteiger partial charge in [0.2, 0.25) is 0 Å². The Kier molecular flexibility index (Phi) is 5.82. The standard InChI is InChI=1S/C28H25N3O4/c1-17-26(18(2)31(30-17)15-19-8-7-9-20(14-19)27(32)33)29-28(34)35-16-25-23-12-5-3-10-21(23)22-11-4-6-13-24(22)25/h3-14,25H,15-16H2,1-2H3,(H,29,34)(H,32,33). The Balaban J connectivity index is 1.29. The van der Waals surface area contributed by atoms with Crippen LogP contribution in [0.25, 0.3) is 11.1 Å². The number of carbonyl (C=O) groups excluding carboxylic acids is 1. The molecule has 0 fully saturated rings. The van der Waals surface area contributed by atoms with E-state index in [0.717, 1.165) is 22.4 Å². The Morgan fingerprint density at radius 1 is 0.971 bits per heavy atom. The van der Waals surface area contributed by atoms with Crippen molar-refractivity contribution in [2.45, 2.75) is 26.3 Å². The number of carboxylic acid groups (broad SMARTS) is 1. The van der Waals surface area contributed by atoms with Crippen LogP contribution in [0.15, 0.2) is 72.8 Å². The van der Waals surface area contributed by atoms with Crippen molar-refractivity contribution >= 4 is 17.7 Å². The van der Waals surface area contributed by atoms with Crippen molar-refractivity contribution in [2.24, 2.45) is 0 Å². The van der Waals surface area contributed by atoms with Crippen molar-refractivity contribution in [2.75, 3.05) is 11.9 Å². The number of ether oxygens (including phenoxy) is 1. The van der Waals surface area contributed by atoms with Gasteiger partial charge in [0.25, 0.3) is 0 Å². The molecule has 4 aromatic rings. The third-order valence-electron chi connectivity index (χ3n) is 6.46. The zero-order valence-electron chi connectivity index (χ0n) is 19.5. The average molecular weight is 468 g/mol. The van der Waals surface area contributed by atoms with Gasteiger partial charge in [-0.2, -0.15) is 5.10 Å². The molecule has 1 aromatic heterocycles. The first-order valence-corrected chi connectivity index (χ1v) is 11.4. The lowest BCUT2D eigenvalue weighted by atomic mass is 9.98. The van der Waals surface area contributed by atoms with E-state index in [0.29, 0.717) is 17.9 Å². The summed E-state index contributed by atoms with van der Waals surface area (Å²) in [5, 5.41) is 16.6. The number of anilines is 1. The number of aromatic carboxylic acids is 1. The predicted molar refractivity (Wildman–Crippen MR) is 133 cm³/mol. The lowest BCUT2D eigenvalue weighted by molar-refractivity contribution is 0.0696. The van der Waals surface area contributed by atoms with E-state index in [1.807, 2.05) is 44.2 Å². The van der Waals surface area contributed by atoms with Crippen LogP contribution in [0.3, 0.4) is 0 Å². The molecule has 0 radical (unpaired) electrons. The number of rotatable bonds is 6. The third-order valence-corrected chi connectivity index (χ3v) is 6.46. The van der Waals surface area contributed by atoms with E-state index in [1.165, 1.54) is 11.1 Å². The average Bonchev–Trinajstić information content (AvgIpc) is 3.32. The number of aromatic nitrogens is 2. The Hall–Kier alpha value is -4.39. The topological polar surface area (TPSA) is 93.5 Å². The summed E-state index contributed by atoms with van der Waals surface area (Å²) >= 11 is 0. The van der Waals surface area contributed by atoms with Gasteiger partial charge in [-0.15, -0.1) is 0 Å². The first-order valence-electron chi connectivity index (χ1n) is 11.4. The number of nitrogens with one attached hydrogen (secondary N) is 1. The monoisotopic (exact) mass is 467 g/mol. The van der Waals surface area contributed by atoms with Gasteiger partial charge < -0.3 is 9.84 Å². The molecule has 0 atom stereocenters. The Labute approximate surface area is 203 Å². The molecular weight excluding hydrogens is 442 g/mol. The van der Waals surface area contributed by atoms with Crippen molar-refractivity contribution in [1.29, 1.82) is 0 Å². The van der Waals surface area contributed by atoms with Crippen LogP contribution >= 0.6 is 0 Å². The fourth-order valence-electron chi connectivity index (χ4n) is 4.74. The van der Waals surface area contributed by atoms with Crippen LogP contribution in [0.2, 0.25) is 0 Å². The molecule has 35 heavy (non-hydrogen) atoms. The first kappa shape index (κ1) is 22.4. The number of benzene rings is 3. The second kappa shape index (κ2) is 9.10. The Morgan fingerprint density at radius 3 is 2.29 bits per heavy atom. The van der Waals surface area contributed by atoms with Crippen LogP contribution in [-0.4, -0.2) is 33.6 Å². The normalized spacial score (nSPS) is 12.2. The number of hydrogen-bond donors (Lipinski definition) is 2. The lowest BCUT2D eigenvalue weighted by Gasteiger charge is -2.14. The highest BCUT2D eigenvalue weighted by atomic mass is 16.5. The summed E-state index contributed by atoms with van der Waals surface area (Å²) in [7, 11) is 0. The lowest BCUT2D eigenvalue weighted by Crippen LogP contribution is -2.18. The zero-order chi connectivity index (χ0) is 24.5. The molecule has 1 heterocycles. The molecule has 0 saturated carbocycles. The number of amides is 1. The highest BCUT2D eigenvalue weighted by Gasteiger charge is 2.29. The second-order valence-corrected chi connectivity index (χ2v) is 8.66. The molecule has 2 N–H and O–H groups in total. The summed E-state index contributed by atoms with van der Waals surface area (Å²) in [6.07, 6.45) is -0.537. The van der Waals surface area contributed by atoms with Gasteiger partial charge >= 0.3 is 12.1 Å². The van der Waals surface area contributed by atoms with E-state index in [9.17, 15) is 14.7 Å². The smallest absolute Gasteiger partial charge is 0.411 e. The van der Waals surface area contributed by atoms with Gasteiger partial charge in [0, 0.05) is 5.92 Å². The van der Waals surface area contributed by atoms with E-state index in [-0.39, 0.29) is 18.1 Å². The van der Waals surface area contributed by atoms with Gasteiger partial charge in [0.1, 0.15) is 6.61 Å². The second-order valence-electron chi connectivity index (χ2n) is 8.66. The molecule has 0 bridgehead atoms. The molecule has 7 heteroatoms. The Bertz CT molecular complexity index is 1390. The van der Waals surface area contributed by atoms with Gasteiger partial charge in [-0.25, -0.2) is 9.59 Å². The molecule has 1 aliphatic carbocycles. The van der Waals surface area contributed by atoms with Crippen LogP contribution in [0.1, 0.15) is 44.4 Å². The van der Waals surface area contributed by atoms with Crippen LogP contribution in [-0.2, 0) is 11.3 Å². The maximum Gasteiger partial charge on any atom is 0.411 e. The third kappa shape index (κ3) is 4.28. The van der Waals surface area contributed by atoms with E-state index in [4.69, 9.17) is 4.74 Å². The zero-order valence-corrected chi connectivity index (χ0v) is 19.5. The SMILES string of the molecule is Cc1nn(Cc2cccc(C(=O)O)c2)c(C)c1NC(=O)OCC1c2ccccc2-c2ccccc21. The van der Waals surface area contributed by atoms with Crippen LogP contribution in [0, 0.1) is 13.8 Å². The summed E-state index contributed by atoms with van der Waals surface area (Å²) in [5.41, 5.74) is 7.72. The molecule has 0 spiro atoms. The summed E-state index contributed by atoms with van der Waals surface area (Å²) in [6.45, 7) is 4.30. The van der Waals surface area contributed by atoms with Crippen LogP contribution in [0.4, 0.5) is 10.5 Å². The maximum absolute atomic E-state index is 12.7. The highest BCUT2D eigenvalue weighted by Crippen LogP contribution is 2.44. The van der Waals surface area contributed by atoms with Gasteiger partial charge in [-0.05, 0) is 53.8 Å². The summed E-state index contributed by atoms with van der Waals surface area (Å²) in [6, 6.07) is 23.1. The fraction of sp³-hybridized carbons (Fsp3) is 0.179. The van der Waals surface area contributed by atoms with Crippen LogP contribution < -0.4 is 5.32 Å². The molecule has 7 nitrogen and oxygen atoms in total. The van der Waals surface area contributed by atoms with E-state index in [1.54, 1.807) is 22.9 Å². The molecule has 0 aliphatic heterocycles. The highest BCUT2D eigenvalue weighted by molar-refractivity contribution is 5.88. The first-order chi connectivity index (χ1) is 16.9. The van der Waals surface area contributed by atoms with E-state index in [2.05, 4.69) is 34.7 Å². The van der Waals surface area contributed by atoms with Crippen molar-refractivity contribution in [3.8, 4) is 11.1 Å². The molecule has 1 amide bonds. The number of fused-ring (bicyclic) bond motifs is 3. The molecule has 0 unspecified atom stereocenters. The largest absolute Gasteiger partial charge is 0.478 e. The summed E-state index contributed by atoms with van der Waals surface area (Å²) in [4.78, 5) is 24.0. The van der Waals surface area contributed by atoms with Crippen molar-refractivity contribution in [1.82, 2.24) is 9.78 Å². The fourth-order valence-corrected chi connectivity index (χ4v) is 4.74. The van der Waals surface area contributed by atoms with E-state index >= 15 is 0 Å². The van der Waals surface area contributed by atoms with Gasteiger partial charge in [0.15, 0.2) is 0 Å². The number of carbonyl (C=O) groups is 2. The molecular formula is C28H25N3O4.